The summed E-state index contributed by atoms with van der Waals surface area (Å²) in [5.41, 5.74) is 2.26. The van der Waals surface area contributed by atoms with E-state index in [1.165, 1.54) is 16.5 Å². The quantitative estimate of drug-likeness (QED) is 0.745. The van der Waals surface area contributed by atoms with E-state index in [2.05, 4.69) is 9.88 Å². The first-order valence-corrected chi connectivity index (χ1v) is 10.5. The number of halogens is 1. The molecule has 2 aromatic heterocycles. The molecule has 6 heteroatoms. The molecule has 1 aliphatic carbocycles. The first-order chi connectivity index (χ1) is 13.2. The minimum Gasteiger partial charge on any atom is -0.309 e. The lowest BCUT2D eigenvalue weighted by Crippen LogP contribution is -2.32. The maximum absolute atomic E-state index is 13.5. The number of benzene rings is 1. The van der Waals surface area contributed by atoms with Crippen LogP contribution in [0.25, 0.3) is 10.2 Å². The van der Waals surface area contributed by atoms with Crippen molar-refractivity contribution in [2.75, 3.05) is 6.54 Å². The number of aryl methyl sites for hydroxylation is 2. The Morgan fingerprint density at radius 2 is 2.22 bits per heavy atom. The number of rotatable bonds is 4. The standard InChI is InChI=1S/C21H22FN3OS/c22-14-5-1-4-13(10-14)11-15-6-3-9-25(15)12-18-23-20(26)19-16-7-2-8-17(16)27-21(19)24-18/h1,4-5,10,15H,2-3,6-9,11-12H2,(H,23,24,26). The SMILES string of the molecule is O=c1[nH]c(CN2CCCC2Cc2cccc(F)c2)nc2sc3c(c12)CCC3. The normalized spacial score (nSPS) is 19.8. The molecule has 0 spiro atoms. The Labute approximate surface area is 161 Å². The van der Waals surface area contributed by atoms with Crippen LogP contribution in [-0.2, 0) is 25.8 Å². The lowest BCUT2D eigenvalue weighted by molar-refractivity contribution is 0.238. The highest BCUT2D eigenvalue weighted by atomic mass is 32.1. The Kier molecular flexibility index (Phi) is 4.32. The minimum absolute atomic E-state index is 0.00952. The second kappa shape index (κ2) is 6.84. The predicted molar refractivity (Wildman–Crippen MR) is 106 cm³/mol. The van der Waals surface area contributed by atoms with E-state index in [0.717, 1.165) is 66.7 Å². The van der Waals surface area contributed by atoms with Crippen LogP contribution in [0.15, 0.2) is 29.1 Å². The van der Waals surface area contributed by atoms with Crippen molar-refractivity contribution in [3.63, 3.8) is 0 Å². The van der Waals surface area contributed by atoms with Crippen LogP contribution in [0.2, 0.25) is 0 Å². The number of fused-ring (bicyclic) bond motifs is 3. The van der Waals surface area contributed by atoms with Crippen molar-refractivity contribution in [1.82, 2.24) is 14.9 Å². The average Bonchev–Trinajstić information content (AvgIpc) is 3.31. The number of nitrogens with one attached hydrogen (secondary N) is 1. The predicted octanol–water partition coefficient (Wildman–Crippen LogP) is 3.82. The summed E-state index contributed by atoms with van der Waals surface area (Å²) in [6.07, 6.45) is 6.27. The molecule has 1 aliphatic heterocycles. The van der Waals surface area contributed by atoms with Crippen molar-refractivity contribution in [2.45, 2.75) is 51.1 Å². The van der Waals surface area contributed by atoms with Crippen molar-refractivity contribution in [3.8, 4) is 0 Å². The van der Waals surface area contributed by atoms with Crippen molar-refractivity contribution < 1.29 is 4.39 Å². The van der Waals surface area contributed by atoms with E-state index in [9.17, 15) is 9.18 Å². The molecule has 1 atom stereocenters. The third kappa shape index (κ3) is 3.21. The molecular weight excluding hydrogens is 361 g/mol. The minimum atomic E-state index is -0.181. The molecule has 1 fully saturated rings. The number of nitrogens with zero attached hydrogens (tertiary/aromatic N) is 2. The summed E-state index contributed by atoms with van der Waals surface area (Å²) < 4.78 is 13.5. The lowest BCUT2D eigenvalue weighted by Gasteiger charge is -2.24. The molecule has 5 rings (SSSR count). The highest BCUT2D eigenvalue weighted by Gasteiger charge is 2.26. The fourth-order valence-electron chi connectivity index (χ4n) is 4.58. The van der Waals surface area contributed by atoms with Gasteiger partial charge in [0.2, 0.25) is 0 Å². The zero-order chi connectivity index (χ0) is 18.4. The van der Waals surface area contributed by atoms with Crippen molar-refractivity contribution >= 4 is 21.6 Å². The van der Waals surface area contributed by atoms with Crippen LogP contribution in [0.4, 0.5) is 4.39 Å². The van der Waals surface area contributed by atoms with Gasteiger partial charge in [0.05, 0.1) is 11.9 Å². The molecule has 3 heterocycles. The van der Waals surface area contributed by atoms with Gasteiger partial charge in [-0.3, -0.25) is 9.69 Å². The Bertz CT molecular complexity index is 1060. The van der Waals surface area contributed by atoms with Gasteiger partial charge in [-0.1, -0.05) is 12.1 Å². The fourth-order valence-corrected chi connectivity index (χ4v) is 5.87. The molecule has 4 nitrogen and oxygen atoms in total. The van der Waals surface area contributed by atoms with Gasteiger partial charge in [-0.2, -0.15) is 0 Å². The first-order valence-electron chi connectivity index (χ1n) is 9.69. The molecule has 1 aromatic carbocycles. The summed E-state index contributed by atoms with van der Waals surface area (Å²) in [4.78, 5) is 25.1. The number of hydrogen-bond acceptors (Lipinski definition) is 4. The maximum atomic E-state index is 13.5. The third-order valence-corrected chi connectivity index (χ3v) is 7.02. The van der Waals surface area contributed by atoms with Crippen molar-refractivity contribution in [1.29, 1.82) is 0 Å². The van der Waals surface area contributed by atoms with E-state index in [1.807, 2.05) is 6.07 Å². The summed E-state index contributed by atoms with van der Waals surface area (Å²) >= 11 is 1.69. The van der Waals surface area contributed by atoms with E-state index >= 15 is 0 Å². The van der Waals surface area contributed by atoms with E-state index in [1.54, 1.807) is 23.5 Å². The zero-order valence-electron chi connectivity index (χ0n) is 15.1. The van der Waals surface area contributed by atoms with Gasteiger partial charge in [-0.05, 0) is 68.3 Å². The van der Waals surface area contributed by atoms with Gasteiger partial charge >= 0.3 is 0 Å². The second-order valence-corrected chi connectivity index (χ2v) is 8.73. The molecule has 1 unspecified atom stereocenters. The molecule has 3 aromatic rings. The van der Waals surface area contributed by atoms with Crippen LogP contribution >= 0.6 is 11.3 Å². The molecule has 0 saturated carbocycles. The van der Waals surface area contributed by atoms with Crippen LogP contribution in [-0.4, -0.2) is 27.5 Å². The molecule has 1 N–H and O–H groups in total. The summed E-state index contributed by atoms with van der Waals surface area (Å²) in [5, 5.41) is 0.814. The molecule has 0 radical (unpaired) electrons. The van der Waals surface area contributed by atoms with Crippen LogP contribution in [0, 0.1) is 5.82 Å². The van der Waals surface area contributed by atoms with E-state index in [-0.39, 0.29) is 11.4 Å². The molecule has 1 saturated heterocycles. The number of likely N-dealkylation sites (tertiary alicyclic amines) is 1. The monoisotopic (exact) mass is 383 g/mol. The smallest absolute Gasteiger partial charge is 0.259 e. The van der Waals surface area contributed by atoms with Gasteiger partial charge in [0.1, 0.15) is 16.5 Å². The average molecular weight is 383 g/mol. The van der Waals surface area contributed by atoms with E-state index in [4.69, 9.17) is 4.98 Å². The molecule has 0 amide bonds. The lowest BCUT2D eigenvalue weighted by atomic mass is 10.0. The highest BCUT2D eigenvalue weighted by molar-refractivity contribution is 7.18. The summed E-state index contributed by atoms with van der Waals surface area (Å²) in [5.74, 6) is 0.567. The van der Waals surface area contributed by atoms with E-state index in [0.29, 0.717) is 12.6 Å². The summed E-state index contributed by atoms with van der Waals surface area (Å²) in [7, 11) is 0. The van der Waals surface area contributed by atoms with Gasteiger partial charge in [0.25, 0.3) is 5.56 Å². The second-order valence-electron chi connectivity index (χ2n) is 7.65. The van der Waals surface area contributed by atoms with E-state index < -0.39 is 0 Å². The Morgan fingerprint density at radius 1 is 1.30 bits per heavy atom. The summed E-state index contributed by atoms with van der Waals surface area (Å²) in [6.45, 7) is 1.64. The number of aromatic nitrogens is 2. The van der Waals surface area contributed by atoms with Crippen LogP contribution < -0.4 is 5.56 Å². The van der Waals surface area contributed by atoms with Crippen LogP contribution in [0.3, 0.4) is 0 Å². The zero-order valence-corrected chi connectivity index (χ0v) is 15.9. The van der Waals surface area contributed by atoms with Gasteiger partial charge in [0, 0.05) is 10.9 Å². The van der Waals surface area contributed by atoms with Crippen molar-refractivity contribution in [3.05, 3.63) is 62.3 Å². The maximum Gasteiger partial charge on any atom is 0.259 e. The molecule has 2 aliphatic rings. The molecule has 0 bridgehead atoms. The Morgan fingerprint density at radius 3 is 3.11 bits per heavy atom. The Hall–Kier alpha value is -2.05. The number of aromatic amines is 1. The summed E-state index contributed by atoms with van der Waals surface area (Å²) in [6, 6.07) is 7.22. The van der Waals surface area contributed by atoms with Crippen molar-refractivity contribution in [2.24, 2.45) is 0 Å². The number of hydrogen-bond donors (Lipinski definition) is 1. The number of thiophene rings is 1. The van der Waals surface area contributed by atoms with Crippen LogP contribution in [0.5, 0.6) is 0 Å². The highest BCUT2D eigenvalue weighted by Crippen LogP contribution is 2.34. The van der Waals surface area contributed by atoms with Gasteiger partial charge in [0.15, 0.2) is 0 Å². The van der Waals surface area contributed by atoms with Crippen LogP contribution in [0.1, 0.15) is 41.1 Å². The fraction of sp³-hybridized carbons (Fsp3) is 0.429. The van der Waals surface area contributed by atoms with Gasteiger partial charge < -0.3 is 4.98 Å². The first kappa shape index (κ1) is 17.1. The molecule has 27 heavy (non-hydrogen) atoms. The van der Waals surface area contributed by atoms with Gasteiger partial charge in [-0.15, -0.1) is 11.3 Å². The largest absolute Gasteiger partial charge is 0.309 e. The van der Waals surface area contributed by atoms with Gasteiger partial charge in [-0.25, -0.2) is 9.37 Å². The third-order valence-electron chi connectivity index (χ3n) is 5.84. The molecule has 140 valence electrons. The Balaban J connectivity index is 1.38. The number of H-pyrrole nitrogens is 1. The molecular formula is C21H22FN3OS. The topological polar surface area (TPSA) is 49.0 Å².